The third kappa shape index (κ3) is 9.77. The average molecular weight is 401 g/mol. The van der Waals surface area contributed by atoms with Crippen LogP contribution >= 0.6 is 24.0 Å². The molecule has 0 aromatic heterocycles. The molecule has 0 unspecified atom stereocenters. The Balaban J connectivity index is 0. The first-order valence-corrected chi connectivity index (χ1v) is 7.36. The average Bonchev–Trinajstić information content (AvgIpc) is 2.43. The van der Waals surface area contributed by atoms with Gasteiger partial charge in [0.15, 0.2) is 5.96 Å². The van der Waals surface area contributed by atoms with E-state index in [0.717, 1.165) is 45.4 Å². The lowest BCUT2D eigenvalue weighted by molar-refractivity contribution is 0.145. The number of halogens is 1. The lowest BCUT2D eigenvalue weighted by Crippen LogP contribution is -2.35. The molecule has 0 rings (SSSR count). The van der Waals surface area contributed by atoms with Gasteiger partial charge >= 0.3 is 0 Å². The Kier molecular flexibility index (Phi) is 15.4. The second-order valence-corrected chi connectivity index (χ2v) is 4.86. The minimum Gasteiger partial charge on any atom is -0.396 e. The molecule has 5 nitrogen and oxygen atoms in total. The van der Waals surface area contributed by atoms with Crippen LogP contribution in [0, 0.1) is 5.41 Å². The number of aliphatic hydroxyl groups excluding tert-OH is 1. The SMILES string of the molecule is CCOCCCNC(N)=NCC(CC)(CC)CCO.I. The fraction of sp³-hybridized carbons (Fsp3) is 0.929. The summed E-state index contributed by atoms with van der Waals surface area (Å²) in [5.41, 5.74) is 5.91. The van der Waals surface area contributed by atoms with Crippen LogP contribution < -0.4 is 11.1 Å². The summed E-state index contributed by atoms with van der Waals surface area (Å²) in [6, 6.07) is 0. The lowest BCUT2D eigenvalue weighted by atomic mass is 9.79. The van der Waals surface area contributed by atoms with Crippen LogP contribution in [0.3, 0.4) is 0 Å². The predicted octanol–water partition coefficient (Wildman–Crippen LogP) is 2.12. The predicted molar refractivity (Wildman–Crippen MR) is 95.7 cm³/mol. The number of hydrogen-bond acceptors (Lipinski definition) is 3. The molecule has 0 aromatic carbocycles. The van der Waals surface area contributed by atoms with Crippen LogP contribution in [0.5, 0.6) is 0 Å². The van der Waals surface area contributed by atoms with Gasteiger partial charge in [-0.15, -0.1) is 24.0 Å². The molecule has 0 aliphatic heterocycles. The van der Waals surface area contributed by atoms with E-state index in [0.29, 0.717) is 12.5 Å². The lowest BCUT2D eigenvalue weighted by Gasteiger charge is -2.29. The Morgan fingerprint density at radius 2 is 1.95 bits per heavy atom. The smallest absolute Gasteiger partial charge is 0.188 e. The van der Waals surface area contributed by atoms with Gasteiger partial charge in [0.05, 0.1) is 0 Å². The van der Waals surface area contributed by atoms with Crippen LogP contribution in [0.4, 0.5) is 0 Å². The number of aliphatic hydroxyl groups is 1. The van der Waals surface area contributed by atoms with E-state index >= 15 is 0 Å². The van der Waals surface area contributed by atoms with Gasteiger partial charge in [-0.1, -0.05) is 13.8 Å². The zero-order valence-electron chi connectivity index (χ0n) is 13.2. The van der Waals surface area contributed by atoms with Crippen LogP contribution in [0.1, 0.15) is 46.5 Å². The van der Waals surface area contributed by atoms with Crippen molar-refractivity contribution in [1.29, 1.82) is 0 Å². The molecule has 122 valence electrons. The number of nitrogens with one attached hydrogen (secondary N) is 1. The Labute approximate surface area is 140 Å². The van der Waals surface area contributed by atoms with Gasteiger partial charge < -0.3 is 20.9 Å². The minimum atomic E-state index is 0. The summed E-state index contributed by atoms with van der Waals surface area (Å²) >= 11 is 0. The summed E-state index contributed by atoms with van der Waals surface area (Å²) in [6.45, 7) is 9.42. The van der Waals surface area contributed by atoms with Gasteiger partial charge in [0.1, 0.15) is 0 Å². The molecule has 0 aliphatic carbocycles. The molecule has 0 amide bonds. The summed E-state index contributed by atoms with van der Waals surface area (Å²) in [7, 11) is 0. The number of guanidine groups is 1. The monoisotopic (exact) mass is 401 g/mol. The molecule has 0 aliphatic rings. The highest BCUT2D eigenvalue weighted by molar-refractivity contribution is 14.0. The molecular formula is C14H32IN3O2. The molecule has 6 heteroatoms. The fourth-order valence-corrected chi connectivity index (χ4v) is 1.99. The van der Waals surface area contributed by atoms with E-state index in [1.807, 2.05) is 6.92 Å². The molecule has 4 N–H and O–H groups in total. The molecular weight excluding hydrogens is 369 g/mol. The first kappa shape index (κ1) is 22.2. The van der Waals surface area contributed by atoms with Crippen molar-refractivity contribution in [2.45, 2.75) is 46.5 Å². The molecule has 0 radical (unpaired) electrons. The van der Waals surface area contributed by atoms with E-state index in [2.05, 4.69) is 24.2 Å². The highest BCUT2D eigenvalue weighted by Gasteiger charge is 2.25. The number of ether oxygens (including phenoxy) is 1. The van der Waals surface area contributed by atoms with Crippen molar-refractivity contribution in [3.8, 4) is 0 Å². The summed E-state index contributed by atoms with van der Waals surface area (Å²) in [5.74, 6) is 0.487. The van der Waals surface area contributed by atoms with Crippen molar-refractivity contribution in [2.24, 2.45) is 16.1 Å². The molecule has 0 fully saturated rings. The Morgan fingerprint density at radius 1 is 1.30 bits per heavy atom. The Bertz CT molecular complexity index is 247. The van der Waals surface area contributed by atoms with Crippen molar-refractivity contribution in [2.75, 3.05) is 32.9 Å². The van der Waals surface area contributed by atoms with E-state index in [-0.39, 0.29) is 36.0 Å². The number of nitrogens with zero attached hydrogens (tertiary/aromatic N) is 1. The summed E-state index contributed by atoms with van der Waals surface area (Å²) in [4.78, 5) is 4.41. The van der Waals surface area contributed by atoms with Gasteiger partial charge in [-0.2, -0.15) is 0 Å². The van der Waals surface area contributed by atoms with Gasteiger partial charge in [0, 0.05) is 32.9 Å². The normalized spacial score (nSPS) is 12.1. The second-order valence-electron chi connectivity index (χ2n) is 4.86. The largest absolute Gasteiger partial charge is 0.396 e. The second kappa shape index (κ2) is 13.9. The topological polar surface area (TPSA) is 79.9 Å². The number of rotatable bonds is 11. The van der Waals surface area contributed by atoms with Gasteiger partial charge in [-0.3, -0.25) is 4.99 Å². The van der Waals surface area contributed by atoms with Gasteiger partial charge in [0.25, 0.3) is 0 Å². The van der Waals surface area contributed by atoms with Crippen LogP contribution in [0.15, 0.2) is 4.99 Å². The quantitative estimate of drug-likeness (QED) is 0.215. The zero-order chi connectivity index (χ0) is 14.6. The van der Waals surface area contributed by atoms with Crippen LogP contribution in [-0.2, 0) is 4.74 Å². The zero-order valence-corrected chi connectivity index (χ0v) is 15.5. The van der Waals surface area contributed by atoms with Crippen LogP contribution in [-0.4, -0.2) is 44.0 Å². The van der Waals surface area contributed by atoms with Gasteiger partial charge in [0.2, 0.25) is 0 Å². The maximum Gasteiger partial charge on any atom is 0.188 e. The molecule has 0 saturated carbocycles. The molecule has 0 bridgehead atoms. The Hall–Kier alpha value is -0.0800. The van der Waals surface area contributed by atoms with Gasteiger partial charge in [-0.05, 0) is 38.0 Å². The van der Waals surface area contributed by atoms with Gasteiger partial charge in [-0.25, -0.2) is 0 Å². The van der Waals surface area contributed by atoms with E-state index in [4.69, 9.17) is 15.6 Å². The first-order chi connectivity index (χ1) is 9.14. The molecule has 0 spiro atoms. The molecule has 0 atom stereocenters. The fourth-order valence-electron chi connectivity index (χ4n) is 1.99. The van der Waals surface area contributed by atoms with Crippen LogP contribution in [0.2, 0.25) is 0 Å². The van der Waals surface area contributed by atoms with E-state index in [1.165, 1.54) is 0 Å². The molecule has 0 saturated heterocycles. The maximum atomic E-state index is 9.14. The van der Waals surface area contributed by atoms with E-state index in [1.54, 1.807) is 0 Å². The van der Waals surface area contributed by atoms with Crippen molar-refractivity contribution >= 4 is 29.9 Å². The van der Waals surface area contributed by atoms with Crippen molar-refractivity contribution < 1.29 is 9.84 Å². The maximum absolute atomic E-state index is 9.14. The van der Waals surface area contributed by atoms with E-state index < -0.39 is 0 Å². The summed E-state index contributed by atoms with van der Waals surface area (Å²) in [6.07, 6.45) is 3.71. The minimum absolute atomic E-state index is 0. The van der Waals surface area contributed by atoms with Crippen LogP contribution in [0.25, 0.3) is 0 Å². The number of aliphatic imine (C=N–C) groups is 1. The summed E-state index contributed by atoms with van der Waals surface area (Å²) < 4.78 is 5.25. The third-order valence-electron chi connectivity index (χ3n) is 3.70. The highest BCUT2D eigenvalue weighted by Crippen LogP contribution is 2.30. The Morgan fingerprint density at radius 3 is 2.45 bits per heavy atom. The number of nitrogens with two attached hydrogens (primary N) is 1. The molecule has 20 heavy (non-hydrogen) atoms. The standard InChI is InChI=1S/C14H31N3O2.HI/c1-4-14(5-2,8-10-18)12-17-13(15)16-9-7-11-19-6-3;/h18H,4-12H2,1-3H3,(H3,15,16,17);1H. The molecule has 0 heterocycles. The summed E-state index contributed by atoms with van der Waals surface area (Å²) in [5, 5.41) is 12.2. The van der Waals surface area contributed by atoms with Crippen molar-refractivity contribution in [3.63, 3.8) is 0 Å². The first-order valence-electron chi connectivity index (χ1n) is 7.36. The van der Waals surface area contributed by atoms with Crippen molar-refractivity contribution in [3.05, 3.63) is 0 Å². The van der Waals surface area contributed by atoms with Crippen molar-refractivity contribution in [1.82, 2.24) is 5.32 Å². The number of hydrogen-bond donors (Lipinski definition) is 3. The van der Waals surface area contributed by atoms with E-state index in [9.17, 15) is 0 Å². The third-order valence-corrected chi connectivity index (χ3v) is 3.70. The molecule has 0 aromatic rings. The highest BCUT2D eigenvalue weighted by atomic mass is 127.